The number of hydrogen-bond acceptors (Lipinski definition) is 4. The third-order valence-electron chi connectivity index (χ3n) is 2.39. The van der Waals surface area contributed by atoms with Crippen LogP contribution in [-0.4, -0.2) is 30.9 Å². The maximum absolute atomic E-state index is 11.4. The van der Waals surface area contributed by atoms with Gasteiger partial charge in [-0.05, 0) is 24.1 Å². The standard InChI is InChI=1S/C14H16N2O4/c1-10-4-2-3-5-11(10)6-7-14(19)20-9-13(18)16-8-12(15)17/h2-7H,8-9H2,1H3,(H2,15,17)(H,16,18)/b7-6+. The highest BCUT2D eigenvalue weighted by molar-refractivity contribution is 5.90. The Balaban J connectivity index is 2.39. The largest absolute Gasteiger partial charge is 0.452 e. The van der Waals surface area contributed by atoms with Gasteiger partial charge in [-0.3, -0.25) is 9.59 Å². The second-order valence-electron chi connectivity index (χ2n) is 4.04. The highest BCUT2D eigenvalue weighted by Gasteiger charge is 2.05. The Kier molecular flexibility index (Phi) is 5.96. The lowest BCUT2D eigenvalue weighted by Crippen LogP contribution is -2.35. The Morgan fingerprint density at radius 1 is 1.30 bits per heavy atom. The molecule has 2 amide bonds. The van der Waals surface area contributed by atoms with Crippen LogP contribution in [0.4, 0.5) is 0 Å². The van der Waals surface area contributed by atoms with Crippen LogP contribution >= 0.6 is 0 Å². The summed E-state index contributed by atoms with van der Waals surface area (Å²) >= 11 is 0. The minimum absolute atomic E-state index is 0.282. The fourth-order valence-corrected chi connectivity index (χ4v) is 1.35. The highest BCUT2D eigenvalue weighted by atomic mass is 16.5. The van der Waals surface area contributed by atoms with E-state index in [4.69, 9.17) is 10.5 Å². The molecule has 106 valence electrons. The first-order valence-electron chi connectivity index (χ1n) is 5.94. The zero-order valence-corrected chi connectivity index (χ0v) is 11.1. The molecule has 3 N–H and O–H groups in total. The summed E-state index contributed by atoms with van der Waals surface area (Å²) in [4.78, 5) is 33.0. The molecule has 0 aromatic heterocycles. The van der Waals surface area contributed by atoms with Gasteiger partial charge in [0.05, 0.1) is 6.54 Å². The summed E-state index contributed by atoms with van der Waals surface area (Å²) in [7, 11) is 0. The van der Waals surface area contributed by atoms with Gasteiger partial charge < -0.3 is 15.8 Å². The zero-order chi connectivity index (χ0) is 15.0. The van der Waals surface area contributed by atoms with Gasteiger partial charge in [0.25, 0.3) is 5.91 Å². The first-order valence-corrected chi connectivity index (χ1v) is 5.94. The minimum Gasteiger partial charge on any atom is -0.452 e. The van der Waals surface area contributed by atoms with Crippen molar-refractivity contribution < 1.29 is 19.1 Å². The molecule has 1 rings (SSSR count). The van der Waals surface area contributed by atoms with Crippen molar-refractivity contribution in [2.45, 2.75) is 6.92 Å². The van der Waals surface area contributed by atoms with Gasteiger partial charge >= 0.3 is 5.97 Å². The van der Waals surface area contributed by atoms with Gasteiger partial charge in [0.1, 0.15) is 0 Å². The molecule has 0 radical (unpaired) electrons. The maximum atomic E-state index is 11.4. The predicted octanol–water partition coefficient (Wildman–Crippen LogP) is 0.153. The fraction of sp³-hybridized carbons (Fsp3) is 0.214. The lowest BCUT2D eigenvalue weighted by molar-refractivity contribution is -0.143. The number of benzene rings is 1. The van der Waals surface area contributed by atoms with E-state index in [1.54, 1.807) is 6.08 Å². The summed E-state index contributed by atoms with van der Waals surface area (Å²) in [5.74, 6) is -1.88. The number of esters is 1. The summed E-state index contributed by atoms with van der Waals surface area (Å²) in [6.07, 6.45) is 2.85. The molecule has 0 bridgehead atoms. The van der Waals surface area contributed by atoms with Gasteiger partial charge in [-0.1, -0.05) is 24.3 Å². The van der Waals surface area contributed by atoms with E-state index in [-0.39, 0.29) is 6.54 Å². The Morgan fingerprint density at radius 2 is 2.00 bits per heavy atom. The topological polar surface area (TPSA) is 98.5 Å². The number of hydrogen-bond donors (Lipinski definition) is 2. The summed E-state index contributed by atoms with van der Waals surface area (Å²) in [6.45, 7) is 1.18. The fourth-order valence-electron chi connectivity index (χ4n) is 1.35. The van der Waals surface area contributed by atoms with E-state index in [0.717, 1.165) is 11.1 Å². The van der Waals surface area contributed by atoms with Crippen LogP contribution in [0.3, 0.4) is 0 Å². The van der Waals surface area contributed by atoms with Gasteiger partial charge in [0.15, 0.2) is 6.61 Å². The Bertz CT molecular complexity index is 538. The number of carbonyl (C=O) groups is 3. The van der Waals surface area contributed by atoms with Crippen LogP contribution in [0.1, 0.15) is 11.1 Å². The lowest BCUT2D eigenvalue weighted by Gasteiger charge is -2.03. The van der Waals surface area contributed by atoms with Gasteiger partial charge in [0, 0.05) is 6.08 Å². The van der Waals surface area contributed by atoms with E-state index in [1.807, 2.05) is 31.2 Å². The minimum atomic E-state index is -0.663. The van der Waals surface area contributed by atoms with E-state index >= 15 is 0 Å². The van der Waals surface area contributed by atoms with Crippen LogP contribution in [0, 0.1) is 6.92 Å². The number of nitrogens with one attached hydrogen (secondary N) is 1. The summed E-state index contributed by atoms with van der Waals surface area (Å²) < 4.78 is 4.71. The van der Waals surface area contributed by atoms with E-state index < -0.39 is 24.4 Å². The first-order chi connectivity index (χ1) is 9.49. The molecule has 0 unspecified atom stereocenters. The van der Waals surface area contributed by atoms with E-state index in [2.05, 4.69) is 5.32 Å². The molecule has 0 aliphatic heterocycles. The van der Waals surface area contributed by atoms with Crippen molar-refractivity contribution in [3.8, 4) is 0 Å². The molecule has 0 aliphatic rings. The van der Waals surface area contributed by atoms with Crippen molar-refractivity contribution in [3.63, 3.8) is 0 Å². The molecule has 20 heavy (non-hydrogen) atoms. The summed E-state index contributed by atoms with van der Waals surface area (Å²) in [5.41, 5.74) is 6.77. The second-order valence-corrected chi connectivity index (χ2v) is 4.04. The van der Waals surface area contributed by atoms with Crippen LogP contribution in [0.2, 0.25) is 0 Å². The molecule has 1 aromatic carbocycles. The predicted molar refractivity (Wildman–Crippen MR) is 73.4 cm³/mol. The van der Waals surface area contributed by atoms with Crippen LogP contribution in [0.15, 0.2) is 30.3 Å². The Labute approximate surface area is 116 Å². The molecule has 6 heteroatoms. The first kappa shape index (κ1) is 15.4. The SMILES string of the molecule is Cc1ccccc1/C=C/C(=O)OCC(=O)NCC(N)=O. The van der Waals surface area contributed by atoms with Crippen molar-refractivity contribution in [1.29, 1.82) is 0 Å². The quantitative estimate of drug-likeness (QED) is 0.571. The summed E-state index contributed by atoms with van der Waals surface area (Å²) in [6, 6.07) is 7.53. The molecule has 6 nitrogen and oxygen atoms in total. The van der Waals surface area contributed by atoms with Crippen LogP contribution < -0.4 is 11.1 Å². The van der Waals surface area contributed by atoms with Crippen molar-refractivity contribution in [2.24, 2.45) is 5.73 Å². The summed E-state index contributed by atoms with van der Waals surface area (Å²) in [5, 5.41) is 2.21. The monoisotopic (exact) mass is 276 g/mol. The maximum Gasteiger partial charge on any atom is 0.331 e. The van der Waals surface area contributed by atoms with Crippen molar-refractivity contribution in [2.75, 3.05) is 13.2 Å². The number of amides is 2. The number of carbonyl (C=O) groups excluding carboxylic acids is 3. The van der Waals surface area contributed by atoms with Crippen molar-refractivity contribution >= 4 is 23.9 Å². The zero-order valence-electron chi connectivity index (χ0n) is 11.1. The Morgan fingerprint density at radius 3 is 2.65 bits per heavy atom. The molecule has 0 heterocycles. The van der Waals surface area contributed by atoms with Gasteiger partial charge in [-0.25, -0.2) is 4.79 Å². The molecule has 0 saturated heterocycles. The average Bonchev–Trinajstić information content (AvgIpc) is 2.42. The number of aryl methyl sites for hydroxylation is 1. The van der Waals surface area contributed by atoms with Crippen molar-refractivity contribution in [1.82, 2.24) is 5.32 Å². The third kappa shape index (κ3) is 5.81. The van der Waals surface area contributed by atoms with Gasteiger partial charge in [-0.2, -0.15) is 0 Å². The van der Waals surface area contributed by atoms with Crippen LogP contribution in [0.5, 0.6) is 0 Å². The molecular weight excluding hydrogens is 260 g/mol. The number of nitrogens with two attached hydrogens (primary N) is 1. The number of ether oxygens (including phenoxy) is 1. The highest BCUT2D eigenvalue weighted by Crippen LogP contribution is 2.08. The molecule has 0 spiro atoms. The molecule has 0 aliphatic carbocycles. The van der Waals surface area contributed by atoms with Crippen LogP contribution in [0.25, 0.3) is 6.08 Å². The number of rotatable bonds is 6. The van der Waals surface area contributed by atoms with E-state index in [1.165, 1.54) is 6.08 Å². The number of primary amides is 1. The second kappa shape index (κ2) is 7.73. The molecule has 0 fully saturated rings. The van der Waals surface area contributed by atoms with E-state index in [0.29, 0.717) is 0 Å². The average molecular weight is 276 g/mol. The smallest absolute Gasteiger partial charge is 0.331 e. The normalized spacial score (nSPS) is 10.2. The molecule has 0 atom stereocenters. The Hall–Kier alpha value is -2.63. The lowest BCUT2D eigenvalue weighted by atomic mass is 10.1. The third-order valence-corrected chi connectivity index (χ3v) is 2.39. The van der Waals surface area contributed by atoms with Gasteiger partial charge in [0.2, 0.25) is 5.91 Å². The van der Waals surface area contributed by atoms with Gasteiger partial charge in [-0.15, -0.1) is 0 Å². The van der Waals surface area contributed by atoms with Crippen LogP contribution in [-0.2, 0) is 19.1 Å². The molecule has 0 saturated carbocycles. The molecule has 1 aromatic rings. The van der Waals surface area contributed by atoms with Crippen molar-refractivity contribution in [3.05, 3.63) is 41.5 Å². The molecular formula is C14H16N2O4. The van der Waals surface area contributed by atoms with E-state index in [9.17, 15) is 14.4 Å².